The minimum absolute atomic E-state index is 0.0362. The van der Waals surface area contributed by atoms with E-state index < -0.39 is 11.8 Å². The number of benzene rings is 1. The van der Waals surface area contributed by atoms with Crippen molar-refractivity contribution in [1.82, 2.24) is 0 Å². The van der Waals surface area contributed by atoms with Gasteiger partial charge >= 0.3 is 5.97 Å². The molecule has 5 nitrogen and oxygen atoms in total. The Labute approximate surface area is 105 Å². The SMILES string of the molecule is COC(=O)c1cc(F)c(N)c(NC[C@H](C)OC)c1. The van der Waals surface area contributed by atoms with Crippen LogP contribution in [-0.2, 0) is 9.47 Å². The summed E-state index contributed by atoms with van der Waals surface area (Å²) in [4.78, 5) is 11.3. The van der Waals surface area contributed by atoms with Gasteiger partial charge in [-0.15, -0.1) is 0 Å². The second-order valence-corrected chi connectivity index (χ2v) is 3.84. The Balaban J connectivity index is 2.95. The highest BCUT2D eigenvalue weighted by molar-refractivity contribution is 5.92. The van der Waals surface area contributed by atoms with E-state index in [1.54, 1.807) is 7.11 Å². The summed E-state index contributed by atoms with van der Waals surface area (Å²) in [6.07, 6.45) is -0.0609. The lowest BCUT2D eigenvalue weighted by molar-refractivity contribution is 0.0600. The van der Waals surface area contributed by atoms with Crippen molar-refractivity contribution in [3.63, 3.8) is 0 Å². The topological polar surface area (TPSA) is 73.6 Å². The van der Waals surface area contributed by atoms with Gasteiger partial charge in [0.15, 0.2) is 0 Å². The van der Waals surface area contributed by atoms with Gasteiger partial charge in [-0.2, -0.15) is 0 Å². The number of anilines is 2. The number of carbonyl (C=O) groups excluding carboxylic acids is 1. The molecule has 18 heavy (non-hydrogen) atoms. The van der Waals surface area contributed by atoms with Crippen molar-refractivity contribution in [3.8, 4) is 0 Å². The van der Waals surface area contributed by atoms with Gasteiger partial charge in [0.2, 0.25) is 0 Å². The van der Waals surface area contributed by atoms with E-state index >= 15 is 0 Å². The van der Waals surface area contributed by atoms with Crippen molar-refractivity contribution in [3.05, 3.63) is 23.5 Å². The van der Waals surface area contributed by atoms with Gasteiger partial charge in [0.1, 0.15) is 5.82 Å². The Morgan fingerprint density at radius 1 is 1.50 bits per heavy atom. The van der Waals surface area contributed by atoms with Gasteiger partial charge in [0.25, 0.3) is 0 Å². The molecule has 100 valence electrons. The predicted octanol–water partition coefficient (Wildman–Crippen LogP) is 1.64. The Kier molecular flexibility index (Phi) is 4.91. The Hall–Kier alpha value is -1.82. The van der Waals surface area contributed by atoms with Crippen LogP contribution in [0.25, 0.3) is 0 Å². The van der Waals surface area contributed by atoms with Crippen LogP contribution in [0.15, 0.2) is 12.1 Å². The van der Waals surface area contributed by atoms with E-state index in [1.165, 1.54) is 13.2 Å². The second-order valence-electron chi connectivity index (χ2n) is 3.84. The fourth-order valence-electron chi connectivity index (χ4n) is 1.34. The third kappa shape index (κ3) is 3.33. The van der Waals surface area contributed by atoms with Crippen LogP contribution in [0.2, 0.25) is 0 Å². The van der Waals surface area contributed by atoms with Crippen molar-refractivity contribution < 1.29 is 18.7 Å². The zero-order valence-electron chi connectivity index (χ0n) is 10.6. The lowest BCUT2D eigenvalue weighted by Gasteiger charge is -2.14. The van der Waals surface area contributed by atoms with Crippen molar-refractivity contribution in [2.75, 3.05) is 31.8 Å². The number of nitrogens with two attached hydrogens (primary N) is 1. The summed E-state index contributed by atoms with van der Waals surface area (Å²) in [5.41, 5.74) is 6.01. The average Bonchev–Trinajstić information content (AvgIpc) is 2.38. The lowest BCUT2D eigenvalue weighted by atomic mass is 10.1. The van der Waals surface area contributed by atoms with Gasteiger partial charge < -0.3 is 20.5 Å². The standard InChI is InChI=1S/C12H17FN2O3/c1-7(17-2)6-15-10-5-8(12(16)18-3)4-9(13)11(10)14/h4-5,7,15H,6,14H2,1-3H3/t7-/m0/s1. The molecule has 0 saturated carbocycles. The molecule has 1 rings (SSSR count). The third-order valence-electron chi connectivity index (χ3n) is 2.53. The maximum Gasteiger partial charge on any atom is 0.338 e. The summed E-state index contributed by atoms with van der Waals surface area (Å²) in [7, 11) is 2.80. The second kappa shape index (κ2) is 6.20. The molecule has 1 aromatic carbocycles. The number of carbonyl (C=O) groups is 1. The molecule has 1 atom stereocenters. The van der Waals surface area contributed by atoms with E-state index in [0.29, 0.717) is 12.2 Å². The van der Waals surface area contributed by atoms with Crippen LogP contribution >= 0.6 is 0 Å². The Morgan fingerprint density at radius 3 is 2.72 bits per heavy atom. The minimum atomic E-state index is -0.662. The number of nitrogens with one attached hydrogen (secondary N) is 1. The molecule has 1 aromatic rings. The monoisotopic (exact) mass is 256 g/mol. The Bertz CT molecular complexity index is 438. The number of methoxy groups -OCH3 is 2. The average molecular weight is 256 g/mol. The molecule has 0 bridgehead atoms. The first kappa shape index (κ1) is 14.2. The molecule has 0 fully saturated rings. The number of ether oxygens (including phenoxy) is 2. The minimum Gasteiger partial charge on any atom is -0.465 e. The highest BCUT2D eigenvalue weighted by Crippen LogP contribution is 2.24. The summed E-state index contributed by atoms with van der Waals surface area (Å²) < 4.78 is 23.1. The third-order valence-corrected chi connectivity index (χ3v) is 2.53. The van der Waals surface area contributed by atoms with Crippen LogP contribution < -0.4 is 11.1 Å². The maximum absolute atomic E-state index is 13.5. The molecule has 3 N–H and O–H groups in total. The van der Waals surface area contributed by atoms with Gasteiger partial charge in [-0.1, -0.05) is 0 Å². The van der Waals surface area contributed by atoms with Gasteiger partial charge in [0, 0.05) is 13.7 Å². The van der Waals surface area contributed by atoms with Crippen LogP contribution in [-0.4, -0.2) is 32.8 Å². The van der Waals surface area contributed by atoms with E-state index in [2.05, 4.69) is 10.1 Å². The smallest absolute Gasteiger partial charge is 0.338 e. The van der Waals surface area contributed by atoms with Gasteiger partial charge in [-0.25, -0.2) is 9.18 Å². The van der Waals surface area contributed by atoms with Gasteiger partial charge in [-0.3, -0.25) is 0 Å². The molecule has 0 spiro atoms. The van der Waals surface area contributed by atoms with Crippen molar-refractivity contribution in [1.29, 1.82) is 0 Å². The van der Waals surface area contributed by atoms with Gasteiger partial charge in [-0.05, 0) is 19.1 Å². The number of esters is 1. The van der Waals surface area contributed by atoms with Crippen molar-refractivity contribution in [2.24, 2.45) is 0 Å². The summed E-state index contributed by atoms with van der Waals surface area (Å²) >= 11 is 0. The van der Waals surface area contributed by atoms with E-state index in [1.807, 2.05) is 6.92 Å². The van der Waals surface area contributed by atoms with Crippen LogP contribution in [0, 0.1) is 5.82 Å². The zero-order valence-corrected chi connectivity index (χ0v) is 10.6. The summed E-state index contributed by atoms with van der Waals surface area (Å²) in [6, 6.07) is 2.50. The largest absolute Gasteiger partial charge is 0.465 e. The number of hydrogen-bond acceptors (Lipinski definition) is 5. The van der Waals surface area contributed by atoms with Crippen molar-refractivity contribution in [2.45, 2.75) is 13.0 Å². The zero-order chi connectivity index (χ0) is 13.7. The molecular formula is C12H17FN2O3. The molecule has 0 aromatic heterocycles. The normalized spacial score (nSPS) is 12.0. The van der Waals surface area contributed by atoms with Crippen LogP contribution in [0.5, 0.6) is 0 Å². The first-order chi connectivity index (χ1) is 8.49. The quantitative estimate of drug-likeness (QED) is 0.619. The van der Waals surface area contributed by atoms with E-state index in [9.17, 15) is 9.18 Å². The first-order valence-electron chi connectivity index (χ1n) is 5.43. The van der Waals surface area contributed by atoms with Crippen LogP contribution in [0.1, 0.15) is 17.3 Å². The number of rotatable bonds is 5. The highest BCUT2D eigenvalue weighted by atomic mass is 19.1. The summed E-state index contributed by atoms with van der Waals surface area (Å²) in [6.45, 7) is 2.30. The lowest BCUT2D eigenvalue weighted by Crippen LogP contribution is -2.19. The van der Waals surface area contributed by atoms with E-state index in [-0.39, 0.29) is 17.4 Å². The maximum atomic E-state index is 13.5. The molecule has 0 aliphatic heterocycles. The summed E-state index contributed by atoms with van der Waals surface area (Å²) in [5, 5.41) is 2.93. The fraction of sp³-hybridized carbons (Fsp3) is 0.417. The van der Waals surface area contributed by atoms with Gasteiger partial charge in [0.05, 0.1) is 30.2 Å². The molecular weight excluding hydrogens is 239 g/mol. The Morgan fingerprint density at radius 2 is 2.17 bits per heavy atom. The molecule has 0 saturated heterocycles. The molecule has 6 heteroatoms. The van der Waals surface area contributed by atoms with Crippen LogP contribution in [0.4, 0.5) is 15.8 Å². The molecule has 0 unspecified atom stereocenters. The van der Waals surface area contributed by atoms with Crippen molar-refractivity contribution >= 4 is 17.3 Å². The molecule has 0 aliphatic carbocycles. The first-order valence-corrected chi connectivity index (χ1v) is 5.43. The van der Waals surface area contributed by atoms with E-state index in [0.717, 1.165) is 6.07 Å². The number of halogens is 1. The summed E-state index contributed by atoms with van der Waals surface area (Å²) in [5.74, 6) is -1.28. The number of nitrogen functional groups attached to an aromatic ring is 1. The van der Waals surface area contributed by atoms with E-state index in [4.69, 9.17) is 10.5 Å². The van der Waals surface area contributed by atoms with Crippen LogP contribution in [0.3, 0.4) is 0 Å². The fourth-order valence-corrected chi connectivity index (χ4v) is 1.34. The molecule has 0 heterocycles. The molecule has 0 amide bonds. The highest BCUT2D eigenvalue weighted by Gasteiger charge is 2.13. The molecule has 0 aliphatic rings. The predicted molar refractivity (Wildman–Crippen MR) is 67.1 cm³/mol. The number of hydrogen-bond donors (Lipinski definition) is 2. The molecule has 0 radical (unpaired) electrons.